The second kappa shape index (κ2) is 8.20. The topological polar surface area (TPSA) is 104 Å². The van der Waals surface area contributed by atoms with Crippen LogP contribution in [0.25, 0.3) is 0 Å². The monoisotopic (exact) mass is 429 g/mol. The van der Waals surface area contributed by atoms with Crippen LogP contribution in [0.15, 0.2) is 47.4 Å². The Hall–Kier alpha value is -2.71. The summed E-state index contributed by atoms with van der Waals surface area (Å²) < 4.78 is 27.5. The zero-order chi connectivity index (χ0) is 22.1. The summed E-state index contributed by atoms with van der Waals surface area (Å²) in [5.74, 6) is -0.611. The second-order valence-corrected chi connectivity index (χ2v) is 10.3. The van der Waals surface area contributed by atoms with Crippen molar-refractivity contribution >= 4 is 27.5 Å². The number of benzene rings is 2. The fraction of sp³-hybridized carbons (Fsp3) is 0.364. The van der Waals surface area contributed by atoms with Gasteiger partial charge in [0.1, 0.15) is 0 Å². The molecule has 1 fully saturated rings. The van der Waals surface area contributed by atoms with Gasteiger partial charge in [0.05, 0.1) is 4.90 Å². The Kier molecular flexibility index (Phi) is 6.01. The fourth-order valence-corrected chi connectivity index (χ4v) is 4.15. The lowest BCUT2D eigenvalue weighted by molar-refractivity contribution is 0.0919. The first-order valence-corrected chi connectivity index (χ1v) is 11.3. The number of rotatable bonds is 6. The van der Waals surface area contributed by atoms with Gasteiger partial charge < -0.3 is 10.6 Å². The molecular weight excluding hydrogens is 402 g/mol. The minimum absolute atomic E-state index is 0.0115. The molecule has 0 aromatic heterocycles. The molecule has 3 rings (SSSR count). The lowest BCUT2D eigenvalue weighted by Crippen LogP contribution is -2.40. The minimum Gasteiger partial charge on any atom is -0.347 e. The quantitative estimate of drug-likeness (QED) is 0.656. The van der Waals surface area contributed by atoms with Crippen LogP contribution in [-0.4, -0.2) is 31.8 Å². The highest BCUT2D eigenvalue weighted by molar-refractivity contribution is 7.89. The van der Waals surface area contributed by atoms with Crippen LogP contribution in [0.5, 0.6) is 0 Å². The van der Waals surface area contributed by atoms with Gasteiger partial charge in [0.25, 0.3) is 11.8 Å². The van der Waals surface area contributed by atoms with Gasteiger partial charge in [-0.2, -0.15) is 0 Å². The highest BCUT2D eigenvalue weighted by atomic mass is 32.2. The molecule has 0 saturated heterocycles. The lowest BCUT2D eigenvalue weighted by Gasteiger charge is -2.20. The molecule has 2 amide bonds. The molecule has 0 spiro atoms. The Morgan fingerprint density at radius 3 is 2.17 bits per heavy atom. The normalized spacial score (nSPS) is 14.3. The third kappa shape index (κ3) is 5.67. The number of carbonyl (C=O) groups is 2. The van der Waals surface area contributed by atoms with Crippen molar-refractivity contribution in [2.45, 2.75) is 57.0 Å². The highest BCUT2D eigenvalue weighted by Crippen LogP contribution is 2.23. The third-order valence-electron chi connectivity index (χ3n) is 4.56. The molecule has 1 aliphatic rings. The Bertz CT molecular complexity index is 1070. The Morgan fingerprint density at radius 2 is 1.60 bits per heavy atom. The van der Waals surface area contributed by atoms with Crippen molar-refractivity contribution < 1.29 is 18.0 Å². The molecule has 2 aromatic carbocycles. The van der Waals surface area contributed by atoms with E-state index in [1.54, 1.807) is 37.3 Å². The molecule has 0 bridgehead atoms. The summed E-state index contributed by atoms with van der Waals surface area (Å²) >= 11 is 0. The van der Waals surface area contributed by atoms with Gasteiger partial charge in [0.2, 0.25) is 10.0 Å². The van der Waals surface area contributed by atoms with Gasteiger partial charge in [-0.25, -0.2) is 13.1 Å². The maximum absolute atomic E-state index is 12.7. The fourth-order valence-electron chi connectivity index (χ4n) is 2.82. The van der Waals surface area contributed by atoms with Crippen LogP contribution < -0.4 is 15.4 Å². The third-order valence-corrected chi connectivity index (χ3v) is 6.07. The average molecular weight is 430 g/mol. The molecule has 2 aromatic rings. The summed E-state index contributed by atoms with van der Waals surface area (Å²) in [4.78, 5) is 25.0. The van der Waals surface area contributed by atoms with Crippen LogP contribution in [-0.2, 0) is 10.0 Å². The van der Waals surface area contributed by atoms with Crippen molar-refractivity contribution in [1.29, 1.82) is 0 Å². The zero-order valence-electron chi connectivity index (χ0n) is 17.6. The van der Waals surface area contributed by atoms with Crippen molar-refractivity contribution in [1.82, 2.24) is 10.0 Å². The van der Waals surface area contributed by atoms with Crippen molar-refractivity contribution in [2.24, 2.45) is 0 Å². The Balaban J connectivity index is 1.74. The largest absolute Gasteiger partial charge is 0.347 e. The predicted octanol–water partition coefficient (Wildman–Crippen LogP) is 3.22. The molecule has 0 aliphatic heterocycles. The molecule has 1 saturated carbocycles. The van der Waals surface area contributed by atoms with E-state index in [1.807, 2.05) is 20.8 Å². The zero-order valence-corrected chi connectivity index (χ0v) is 18.4. The van der Waals surface area contributed by atoms with Crippen LogP contribution in [0.3, 0.4) is 0 Å². The summed E-state index contributed by atoms with van der Waals surface area (Å²) in [5, 5.41) is 5.64. The molecule has 0 atom stereocenters. The molecule has 3 N–H and O–H groups in total. The van der Waals surface area contributed by atoms with Gasteiger partial charge in [-0.3, -0.25) is 9.59 Å². The standard InChI is InChI=1S/C22H27N3O4S/c1-14-5-12-18(30(28,29)25-17-10-11-17)13-19(14)21(27)23-16-8-6-15(7-9-16)20(26)24-22(2,3)4/h5-9,12-13,17,25H,10-11H2,1-4H3,(H,23,27)(H,24,26). The van der Waals surface area contributed by atoms with E-state index in [4.69, 9.17) is 0 Å². The van der Waals surface area contributed by atoms with Gasteiger partial charge in [-0.05, 0) is 82.5 Å². The van der Waals surface area contributed by atoms with Gasteiger partial charge in [-0.1, -0.05) is 6.07 Å². The van der Waals surface area contributed by atoms with Crippen LogP contribution in [0.4, 0.5) is 5.69 Å². The maximum atomic E-state index is 12.7. The van der Waals surface area contributed by atoms with E-state index in [0.29, 0.717) is 16.8 Å². The maximum Gasteiger partial charge on any atom is 0.255 e. The van der Waals surface area contributed by atoms with Crippen molar-refractivity contribution in [3.63, 3.8) is 0 Å². The van der Waals surface area contributed by atoms with E-state index >= 15 is 0 Å². The van der Waals surface area contributed by atoms with Crippen LogP contribution >= 0.6 is 0 Å². The summed E-state index contributed by atoms with van der Waals surface area (Å²) in [5.41, 5.74) is 1.60. The Morgan fingerprint density at radius 1 is 0.967 bits per heavy atom. The van der Waals surface area contributed by atoms with Crippen LogP contribution in [0, 0.1) is 6.92 Å². The van der Waals surface area contributed by atoms with Gasteiger partial charge >= 0.3 is 0 Å². The summed E-state index contributed by atoms with van der Waals surface area (Å²) in [6.45, 7) is 7.45. The van der Waals surface area contributed by atoms with Crippen molar-refractivity contribution in [3.05, 3.63) is 59.2 Å². The molecule has 1 aliphatic carbocycles. The number of nitrogens with one attached hydrogen (secondary N) is 3. The van der Waals surface area contributed by atoms with E-state index < -0.39 is 15.9 Å². The van der Waals surface area contributed by atoms with E-state index in [1.165, 1.54) is 12.1 Å². The summed E-state index contributed by atoms with van der Waals surface area (Å²) in [6, 6.07) is 11.0. The van der Waals surface area contributed by atoms with Crippen molar-refractivity contribution in [3.8, 4) is 0 Å². The van der Waals surface area contributed by atoms with E-state index in [-0.39, 0.29) is 27.9 Å². The van der Waals surface area contributed by atoms with Gasteiger partial charge in [0.15, 0.2) is 0 Å². The number of anilines is 1. The van der Waals surface area contributed by atoms with Crippen LogP contribution in [0.2, 0.25) is 0 Å². The molecule has 160 valence electrons. The Labute approximate surface area is 177 Å². The first kappa shape index (κ1) is 22.0. The first-order chi connectivity index (χ1) is 13.9. The number of sulfonamides is 1. The lowest BCUT2D eigenvalue weighted by atomic mass is 10.1. The number of hydrogen-bond donors (Lipinski definition) is 3. The summed E-state index contributed by atoms with van der Waals surface area (Å²) in [6.07, 6.45) is 1.67. The number of hydrogen-bond acceptors (Lipinski definition) is 4. The van der Waals surface area contributed by atoms with E-state index in [2.05, 4.69) is 15.4 Å². The van der Waals surface area contributed by atoms with Crippen molar-refractivity contribution in [2.75, 3.05) is 5.32 Å². The molecule has 7 nitrogen and oxygen atoms in total. The number of amides is 2. The molecular formula is C22H27N3O4S. The van der Waals surface area contributed by atoms with Gasteiger partial charge in [0, 0.05) is 28.4 Å². The molecule has 0 heterocycles. The number of aryl methyl sites for hydroxylation is 1. The SMILES string of the molecule is Cc1ccc(S(=O)(=O)NC2CC2)cc1C(=O)Nc1ccc(C(=O)NC(C)(C)C)cc1. The minimum atomic E-state index is -3.65. The predicted molar refractivity (Wildman–Crippen MR) is 116 cm³/mol. The average Bonchev–Trinajstić information content (AvgIpc) is 3.44. The number of carbonyl (C=O) groups excluding carboxylic acids is 2. The van der Waals surface area contributed by atoms with Gasteiger partial charge in [-0.15, -0.1) is 0 Å². The molecule has 30 heavy (non-hydrogen) atoms. The summed E-state index contributed by atoms with van der Waals surface area (Å²) in [7, 11) is -3.65. The second-order valence-electron chi connectivity index (χ2n) is 8.61. The smallest absolute Gasteiger partial charge is 0.255 e. The highest BCUT2D eigenvalue weighted by Gasteiger charge is 2.28. The molecule has 0 unspecified atom stereocenters. The van der Waals surface area contributed by atoms with Crippen LogP contribution in [0.1, 0.15) is 59.9 Å². The van der Waals surface area contributed by atoms with E-state index in [0.717, 1.165) is 12.8 Å². The van der Waals surface area contributed by atoms with E-state index in [9.17, 15) is 18.0 Å². The molecule has 8 heteroatoms. The molecule has 0 radical (unpaired) electrons. The first-order valence-electron chi connectivity index (χ1n) is 9.81.